The van der Waals surface area contributed by atoms with Crippen LogP contribution in [0, 0.1) is 35.5 Å². The maximum absolute atomic E-state index is 15.8. The molecule has 2 bridgehead atoms. The molecule has 4 saturated carbocycles. The Hall–Kier alpha value is -7.04. The van der Waals surface area contributed by atoms with Crippen LogP contribution in [0.1, 0.15) is 175 Å². The van der Waals surface area contributed by atoms with Gasteiger partial charge >= 0.3 is 12.4 Å². The number of alkyl halides is 8. The average molecular weight is 1580 g/mol. The highest BCUT2D eigenvalue weighted by Crippen LogP contribution is 2.46. The van der Waals surface area contributed by atoms with E-state index in [0.29, 0.717) is 64.2 Å². The molecule has 0 radical (unpaired) electrons. The average Bonchev–Trinajstić information content (AvgIpc) is 1.50. The SMILES string of the molecule is CCO[C@@H]1C[C@H]2C(=O)NC3(CCCC3)C(=O)N(C)[C@@H](C3CCCC3)C(=O)N(C)[C@H](C(=O)N3CCOCC3)CC(=O)N(C)[C@@H](COC)C(=O)N[C@@H]([C@@H](C)CC)C(=O)NCC(=O)N(C)[C@H]3CCCCCN(C3=O)[C@@H](CC3CCC(C(F)(F)F)CC3)C(=O)N(C)CC(=O)N[C@@H](CCC3CC(F)C(C(F)(F)F)C(F)C3)C(=O)N2C1. The third-order valence-electron chi connectivity index (χ3n) is 24.7. The van der Waals surface area contributed by atoms with Crippen LogP contribution in [0.4, 0.5) is 35.1 Å². The Morgan fingerprint density at radius 2 is 1.26 bits per heavy atom. The number of carbonyl (C=O) groups excluding carboxylic acids is 12. The van der Waals surface area contributed by atoms with Crippen molar-refractivity contribution in [3.8, 4) is 0 Å². The molecule has 4 heterocycles. The van der Waals surface area contributed by atoms with Crippen molar-refractivity contribution in [2.45, 2.75) is 260 Å². The zero-order chi connectivity index (χ0) is 80.9. The summed E-state index contributed by atoms with van der Waals surface area (Å²) in [6, 6.07) is -11.6. The van der Waals surface area contributed by atoms with Crippen molar-refractivity contribution in [3.63, 3.8) is 0 Å². The lowest BCUT2D eigenvalue weighted by molar-refractivity contribution is -0.219. The first-order valence-electron chi connectivity index (χ1n) is 39.5. The van der Waals surface area contributed by atoms with Crippen molar-refractivity contribution < 1.29 is 107 Å². The molecule has 27 nitrogen and oxygen atoms in total. The molecule has 8 rings (SSSR count). The van der Waals surface area contributed by atoms with Gasteiger partial charge in [-0.15, -0.1) is 0 Å². The van der Waals surface area contributed by atoms with Gasteiger partial charge in [-0.3, -0.25) is 57.5 Å². The molecule has 0 aromatic carbocycles. The van der Waals surface area contributed by atoms with Crippen LogP contribution in [-0.2, 0) is 71.7 Å². The van der Waals surface area contributed by atoms with Crippen LogP contribution < -0.4 is 21.3 Å². The van der Waals surface area contributed by atoms with Gasteiger partial charge in [-0.1, -0.05) is 58.8 Å². The van der Waals surface area contributed by atoms with E-state index in [2.05, 4.69) is 21.3 Å². The monoisotopic (exact) mass is 1580 g/mol. The normalized spacial score (nSPS) is 32.3. The fourth-order valence-corrected chi connectivity index (χ4v) is 17.9. The predicted molar refractivity (Wildman–Crippen MR) is 382 cm³/mol. The van der Waals surface area contributed by atoms with Crippen molar-refractivity contribution in [3.05, 3.63) is 0 Å². The number of carbonyl (C=O) groups is 12. The molecule has 1 spiro atoms. The zero-order valence-electron chi connectivity index (χ0n) is 65.1. The Morgan fingerprint density at radius 1 is 0.627 bits per heavy atom. The van der Waals surface area contributed by atoms with E-state index in [1.54, 1.807) is 20.8 Å². The van der Waals surface area contributed by atoms with Crippen molar-refractivity contribution in [2.75, 3.05) is 108 Å². The van der Waals surface area contributed by atoms with Crippen LogP contribution in [0.15, 0.2) is 0 Å². The summed E-state index contributed by atoms with van der Waals surface area (Å²) < 4.78 is 132. The van der Waals surface area contributed by atoms with Crippen molar-refractivity contribution >= 4 is 70.9 Å². The van der Waals surface area contributed by atoms with E-state index in [9.17, 15) is 50.3 Å². The zero-order valence-corrected chi connectivity index (χ0v) is 65.1. The highest BCUT2D eigenvalue weighted by atomic mass is 19.4. The minimum absolute atomic E-state index is 0.00164. The molecular weight excluding hydrogens is 1460 g/mol. The number of morpholine rings is 1. The van der Waals surface area contributed by atoms with Crippen LogP contribution in [-0.4, -0.2) is 303 Å². The first-order valence-corrected chi connectivity index (χ1v) is 39.5. The summed E-state index contributed by atoms with van der Waals surface area (Å²) in [5.74, 6) is -17.1. The number of hydrogen-bond acceptors (Lipinski definition) is 15. The summed E-state index contributed by atoms with van der Waals surface area (Å²) in [4.78, 5) is 191. The molecule has 35 heteroatoms. The van der Waals surface area contributed by atoms with Crippen LogP contribution in [0.5, 0.6) is 0 Å². The molecule has 110 heavy (non-hydrogen) atoms. The second-order valence-electron chi connectivity index (χ2n) is 31.9. The second-order valence-corrected chi connectivity index (χ2v) is 31.9. The maximum Gasteiger partial charge on any atom is 0.397 e. The van der Waals surface area contributed by atoms with E-state index in [0.717, 1.165) is 24.5 Å². The number of rotatable bonds is 13. The number of amides is 12. The molecule has 4 N–H and O–H groups in total. The van der Waals surface area contributed by atoms with Gasteiger partial charge in [-0.05, 0) is 127 Å². The van der Waals surface area contributed by atoms with E-state index >= 15 is 42.3 Å². The molecule has 12 amide bonds. The van der Waals surface area contributed by atoms with Gasteiger partial charge in [0.1, 0.15) is 72.1 Å². The molecule has 4 aliphatic carbocycles. The van der Waals surface area contributed by atoms with Crippen molar-refractivity contribution in [1.29, 1.82) is 0 Å². The summed E-state index contributed by atoms with van der Waals surface area (Å²) in [6.07, 6.45) is -15.2. The summed E-state index contributed by atoms with van der Waals surface area (Å²) >= 11 is 0. The number of ether oxygens (including phenoxy) is 3. The van der Waals surface area contributed by atoms with Crippen LogP contribution >= 0.6 is 0 Å². The Kier molecular flexibility index (Phi) is 31.5. The van der Waals surface area contributed by atoms with Crippen LogP contribution in [0.2, 0.25) is 0 Å². The molecule has 8 aliphatic rings. The predicted octanol–water partition coefficient (Wildman–Crippen LogP) is 4.99. The minimum atomic E-state index is -5.22. The molecular formula is C75H116F8N12O15. The minimum Gasteiger partial charge on any atom is -0.382 e. The van der Waals surface area contributed by atoms with Crippen molar-refractivity contribution in [2.24, 2.45) is 35.5 Å². The third kappa shape index (κ3) is 21.6. The fraction of sp³-hybridized carbons (Fsp3) is 0.840. The van der Waals surface area contributed by atoms with Crippen molar-refractivity contribution in [1.82, 2.24) is 60.5 Å². The molecule has 4 aliphatic heterocycles. The second kappa shape index (κ2) is 39.1. The first kappa shape index (κ1) is 88.5. The van der Waals surface area contributed by atoms with Gasteiger partial charge < -0.3 is 74.7 Å². The molecule has 622 valence electrons. The molecule has 4 saturated heterocycles. The van der Waals surface area contributed by atoms with E-state index in [-0.39, 0.29) is 110 Å². The summed E-state index contributed by atoms with van der Waals surface area (Å²) in [5.41, 5.74) is -1.73. The Labute approximate surface area is 639 Å². The van der Waals surface area contributed by atoms with Gasteiger partial charge in [0.15, 0.2) is 0 Å². The van der Waals surface area contributed by atoms with Gasteiger partial charge in [0.2, 0.25) is 70.9 Å². The van der Waals surface area contributed by atoms with Gasteiger partial charge in [0.25, 0.3) is 0 Å². The Balaban J connectivity index is 1.20. The number of nitrogens with zero attached hydrogens (tertiary/aromatic N) is 8. The molecule has 2 unspecified atom stereocenters. The molecule has 12 atom stereocenters. The third-order valence-corrected chi connectivity index (χ3v) is 24.7. The van der Waals surface area contributed by atoms with Crippen LogP contribution in [0.25, 0.3) is 0 Å². The number of nitrogens with one attached hydrogen (secondary N) is 4. The lowest BCUT2D eigenvalue weighted by atomic mass is 9.76. The number of methoxy groups -OCH3 is 1. The smallest absolute Gasteiger partial charge is 0.382 e. The molecule has 0 aromatic heterocycles. The van der Waals surface area contributed by atoms with Gasteiger partial charge in [0.05, 0.1) is 51.4 Å². The van der Waals surface area contributed by atoms with Crippen LogP contribution in [0.3, 0.4) is 0 Å². The van der Waals surface area contributed by atoms with E-state index in [4.69, 9.17) is 14.2 Å². The summed E-state index contributed by atoms with van der Waals surface area (Å²) in [7, 11) is 7.89. The quantitative estimate of drug-likeness (QED) is 0.177. The highest BCUT2D eigenvalue weighted by molar-refractivity contribution is 6.01. The Morgan fingerprint density at radius 3 is 1.86 bits per heavy atom. The largest absolute Gasteiger partial charge is 0.397 e. The maximum atomic E-state index is 15.8. The standard InChI is InChI=1S/C75H116F8N12O15/c1-10-44(3)62-66(101)84-40-60(98)89(5)53-21-13-12-18-30-94(70(53)105)56(37-45-22-25-48(26-23-45)74(78,79)80)68(103)88(4)42-58(96)85-52(27-24-46-35-50(76)61(51(77)36-46)75(81,82)83)67(102)95-41-49(110-11-2)38-54(95)65(100)87-73(28-16-17-29-73)72(107)92(8)63(47-19-14-15-20-47)71(106)91(7)55(69(104)93-31-33-109-34-32-93)39-59(97)90(6)57(43-108-9)64(99)86-62/h44-57,61-63H,10-43H2,1-9H3,(H,84,101)(H,85,96)(H,86,99)(H,87,100)/t44-,45?,46?,48?,49+,50?,51?,52-,53-,54-,55-,56-,57-,61?,62-,63-/m0/s1. The lowest BCUT2D eigenvalue weighted by Crippen LogP contribution is -2.65. The number of hydrogen-bond donors (Lipinski definition) is 4. The number of likely N-dealkylation sites (N-methyl/N-ethyl adjacent to an activating group) is 5. The fourth-order valence-electron chi connectivity index (χ4n) is 17.9. The summed E-state index contributed by atoms with van der Waals surface area (Å²) in [6.45, 7) is 3.18. The van der Waals surface area contributed by atoms with E-state index < -0.39 is 236 Å². The van der Waals surface area contributed by atoms with E-state index in [1.165, 1.54) is 57.0 Å². The van der Waals surface area contributed by atoms with Gasteiger partial charge in [-0.25, -0.2) is 8.78 Å². The number of fused-ring (bicyclic) bond motifs is 3. The lowest BCUT2D eigenvalue weighted by Gasteiger charge is -2.42. The molecule has 8 fully saturated rings. The first-order chi connectivity index (χ1) is 52.0. The number of halogens is 8. The molecule has 0 aromatic rings. The highest BCUT2D eigenvalue weighted by Gasteiger charge is 2.56. The Bertz CT molecular complexity index is 3210. The topological polar surface area (TPSA) is 307 Å². The van der Waals surface area contributed by atoms with Gasteiger partial charge in [-0.2, -0.15) is 26.3 Å². The van der Waals surface area contributed by atoms with Gasteiger partial charge in [0, 0.05) is 81.6 Å². The summed E-state index contributed by atoms with van der Waals surface area (Å²) in [5, 5.41) is 11.0. The van der Waals surface area contributed by atoms with E-state index in [1.807, 2.05) is 0 Å².